The molecule has 0 aliphatic carbocycles. The Morgan fingerprint density at radius 1 is 0.963 bits per heavy atom. The van der Waals surface area contributed by atoms with E-state index in [1.54, 1.807) is 0 Å². The summed E-state index contributed by atoms with van der Waals surface area (Å²) >= 11 is 0. The number of carbonyl (C=O) groups is 1. The molecule has 0 N–H and O–H groups in total. The van der Waals surface area contributed by atoms with Crippen LogP contribution in [0.1, 0.15) is 21.6 Å². The highest BCUT2D eigenvalue weighted by Gasteiger charge is 2.27. The van der Waals surface area contributed by atoms with Gasteiger partial charge in [-0.05, 0) is 18.6 Å². The summed E-state index contributed by atoms with van der Waals surface area (Å²) in [7, 11) is 1.89. The second-order valence-corrected chi connectivity index (χ2v) is 6.65. The Labute approximate surface area is 156 Å². The fourth-order valence-electron chi connectivity index (χ4n) is 3.67. The molecule has 4 nitrogen and oxygen atoms in total. The van der Waals surface area contributed by atoms with E-state index in [4.69, 9.17) is 0 Å². The average Bonchev–Trinajstić information content (AvgIpc) is 2.84. The van der Waals surface area contributed by atoms with E-state index in [1.165, 1.54) is 11.0 Å². The summed E-state index contributed by atoms with van der Waals surface area (Å²) in [6, 6.07) is 13.4. The van der Waals surface area contributed by atoms with Gasteiger partial charge in [-0.1, -0.05) is 36.4 Å². The van der Waals surface area contributed by atoms with Gasteiger partial charge < -0.3 is 4.90 Å². The van der Waals surface area contributed by atoms with Crippen LogP contribution in [-0.2, 0) is 19.9 Å². The third kappa shape index (κ3) is 3.12. The lowest BCUT2D eigenvalue weighted by Crippen LogP contribution is -2.34. The van der Waals surface area contributed by atoms with E-state index in [0.717, 1.165) is 34.6 Å². The van der Waals surface area contributed by atoms with Crippen molar-refractivity contribution in [3.8, 4) is 11.3 Å². The Morgan fingerprint density at radius 3 is 2.33 bits per heavy atom. The lowest BCUT2D eigenvalue weighted by molar-refractivity contribution is 0.0752. The number of carbonyl (C=O) groups excluding carboxylic acids is 1. The second kappa shape index (κ2) is 6.95. The van der Waals surface area contributed by atoms with Crippen molar-refractivity contribution >= 4 is 5.91 Å². The molecule has 3 aromatic rings. The lowest BCUT2D eigenvalue weighted by atomic mass is 10.0. The smallest absolute Gasteiger partial charge is 0.259 e. The summed E-state index contributed by atoms with van der Waals surface area (Å²) < 4.78 is 29.9. The highest BCUT2D eigenvalue weighted by atomic mass is 19.1. The van der Waals surface area contributed by atoms with Crippen LogP contribution >= 0.6 is 0 Å². The Morgan fingerprint density at radius 2 is 1.63 bits per heavy atom. The zero-order chi connectivity index (χ0) is 19.0. The maximum Gasteiger partial charge on any atom is 0.259 e. The molecule has 0 fully saturated rings. The first-order chi connectivity index (χ1) is 13.1. The average molecular weight is 367 g/mol. The third-order valence-corrected chi connectivity index (χ3v) is 5.04. The van der Waals surface area contributed by atoms with Gasteiger partial charge in [0.05, 0.1) is 5.69 Å². The van der Waals surface area contributed by atoms with Gasteiger partial charge in [0.1, 0.15) is 17.2 Å². The molecule has 1 amide bonds. The molecule has 0 unspecified atom stereocenters. The molecule has 1 aliphatic rings. The van der Waals surface area contributed by atoms with Gasteiger partial charge in [0, 0.05) is 43.4 Å². The van der Waals surface area contributed by atoms with Gasteiger partial charge >= 0.3 is 0 Å². The second-order valence-electron chi connectivity index (χ2n) is 6.65. The van der Waals surface area contributed by atoms with E-state index in [1.807, 2.05) is 42.1 Å². The van der Waals surface area contributed by atoms with Crippen LogP contribution in [0.15, 0.2) is 48.5 Å². The highest BCUT2D eigenvalue weighted by Crippen LogP contribution is 2.28. The van der Waals surface area contributed by atoms with Gasteiger partial charge in [-0.3, -0.25) is 9.48 Å². The largest absolute Gasteiger partial charge is 0.338 e. The number of nitrogens with zero attached hydrogens (tertiary/aromatic N) is 3. The topological polar surface area (TPSA) is 38.1 Å². The molecule has 0 saturated heterocycles. The van der Waals surface area contributed by atoms with E-state index in [9.17, 15) is 13.6 Å². The quantitative estimate of drug-likeness (QED) is 0.694. The van der Waals surface area contributed by atoms with Crippen LogP contribution in [0.25, 0.3) is 11.3 Å². The highest BCUT2D eigenvalue weighted by molar-refractivity contribution is 5.94. The van der Waals surface area contributed by atoms with Gasteiger partial charge in [-0.2, -0.15) is 5.10 Å². The van der Waals surface area contributed by atoms with Crippen LogP contribution in [0, 0.1) is 11.6 Å². The predicted octanol–water partition coefficient (Wildman–Crippen LogP) is 3.61. The number of hydrogen-bond donors (Lipinski definition) is 0. The molecule has 6 heteroatoms. The van der Waals surface area contributed by atoms with Crippen LogP contribution in [0.4, 0.5) is 8.78 Å². The van der Waals surface area contributed by atoms with Crippen LogP contribution in [-0.4, -0.2) is 33.7 Å². The molecule has 2 aromatic carbocycles. The first kappa shape index (κ1) is 17.4. The van der Waals surface area contributed by atoms with Crippen LogP contribution < -0.4 is 0 Å². The molecular weight excluding hydrogens is 348 g/mol. The summed E-state index contributed by atoms with van der Waals surface area (Å²) in [4.78, 5) is 14.3. The molecule has 0 spiro atoms. The minimum Gasteiger partial charge on any atom is -0.338 e. The first-order valence-corrected chi connectivity index (χ1v) is 8.89. The van der Waals surface area contributed by atoms with Crippen molar-refractivity contribution in [2.45, 2.75) is 12.8 Å². The SMILES string of the molecule is Cn1nc(-c2ccccc2)c2c1CCN(C(=O)c1c(F)cccc1F)CC2. The van der Waals surface area contributed by atoms with Crippen molar-refractivity contribution in [1.82, 2.24) is 14.7 Å². The lowest BCUT2D eigenvalue weighted by Gasteiger charge is -2.21. The summed E-state index contributed by atoms with van der Waals surface area (Å²) in [6.45, 7) is 0.790. The van der Waals surface area contributed by atoms with Gasteiger partial charge in [0.25, 0.3) is 5.91 Å². The zero-order valence-electron chi connectivity index (χ0n) is 15.0. The first-order valence-electron chi connectivity index (χ1n) is 8.89. The van der Waals surface area contributed by atoms with E-state index >= 15 is 0 Å². The Kier molecular flexibility index (Phi) is 4.48. The Bertz CT molecular complexity index is 978. The summed E-state index contributed by atoms with van der Waals surface area (Å²) in [5, 5.41) is 4.65. The van der Waals surface area contributed by atoms with E-state index < -0.39 is 23.1 Å². The number of aromatic nitrogens is 2. The zero-order valence-corrected chi connectivity index (χ0v) is 15.0. The Hall–Kier alpha value is -3.02. The molecule has 0 bridgehead atoms. The summed E-state index contributed by atoms with van der Waals surface area (Å²) in [5.74, 6) is -2.26. The number of amides is 1. The van der Waals surface area contributed by atoms with Crippen LogP contribution in [0.3, 0.4) is 0 Å². The number of benzene rings is 2. The molecule has 1 aromatic heterocycles. The van der Waals surface area contributed by atoms with Crippen molar-refractivity contribution in [2.75, 3.05) is 13.1 Å². The Balaban J connectivity index is 1.64. The number of fused-ring (bicyclic) bond motifs is 1. The minimum atomic E-state index is -0.826. The monoisotopic (exact) mass is 367 g/mol. The summed E-state index contributed by atoms with van der Waals surface area (Å²) in [6.07, 6.45) is 1.18. The molecule has 4 rings (SSSR count). The molecule has 0 atom stereocenters. The standard InChI is InChI=1S/C21H19F2N3O/c1-25-18-11-13-26(21(27)19-16(22)8-5-9-17(19)23)12-10-15(18)20(24-25)14-6-3-2-4-7-14/h2-9H,10-13H2,1H3. The van der Waals surface area contributed by atoms with E-state index in [-0.39, 0.29) is 0 Å². The van der Waals surface area contributed by atoms with E-state index in [0.29, 0.717) is 25.9 Å². The van der Waals surface area contributed by atoms with Crippen molar-refractivity contribution in [3.05, 3.63) is 77.0 Å². The third-order valence-electron chi connectivity index (χ3n) is 5.04. The number of rotatable bonds is 2. The normalized spacial score (nSPS) is 14.0. The molecule has 1 aliphatic heterocycles. The number of hydrogen-bond acceptors (Lipinski definition) is 2. The predicted molar refractivity (Wildman–Crippen MR) is 98.3 cm³/mol. The maximum absolute atomic E-state index is 14.0. The summed E-state index contributed by atoms with van der Waals surface area (Å²) in [5.41, 5.74) is 3.59. The molecule has 2 heterocycles. The molecule has 27 heavy (non-hydrogen) atoms. The van der Waals surface area contributed by atoms with Crippen LogP contribution in [0.5, 0.6) is 0 Å². The van der Waals surface area contributed by atoms with Gasteiger partial charge in [-0.15, -0.1) is 0 Å². The fourth-order valence-corrected chi connectivity index (χ4v) is 3.67. The van der Waals surface area contributed by atoms with E-state index in [2.05, 4.69) is 5.10 Å². The van der Waals surface area contributed by atoms with Crippen molar-refractivity contribution in [2.24, 2.45) is 7.05 Å². The van der Waals surface area contributed by atoms with Crippen molar-refractivity contribution in [3.63, 3.8) is 0 Å². The molecule has 138 valence electrons. The van der Waals surface area contributed by atoms with Gasteiger partial charge in [0.2, 0.25) is 0 Å². The molecular formula is C21H19F2N3O. The van der Waals surface area contributed by atoms with Crippen molar-refractivity contribution in [1.29, 1.82) is 0 Å². The van der Waals surface area contributed by atoms with Gasteiger partial charge in [0.15, 0.2) is 0 Å². The molecule has 0 radical (unpaired) electrons. The number of halogens is 2. The fraction of sp³-hybridized carbons (Fsp3) is 0.238. The van der Waals surface area contributed by atoms with Crippen LogP contribution in [0.2, 0.25) is 0 Å². The van der Waals surface area contributed by atoms with Crippen molar-refractivity contribution < 1.29 is 13.6 Å². The maximum atomic E-state index is 14.0. The van der Waals surface area contributed by atoms with Gasteiger partial charge in [-0.25, -0.2) is 8.78 Å². The number of aryl methyl sites for hydroxylation is 1. The molecule has 0 saturated carbocycles. The minimum absolute atomic E-state index is 0.394.